The zero-order valence-electron chi connectivity index (χ0n) is 17.7. The Kier molecular flexibility index (Phi) is 6.21. The van der Waals surface area contributed by atoms with Crippen LogP contribution in [0.15, 0.2) is 81.4 Å². The number of thioether (sulfide) groups is 1. The Morgan fingerprint density at radius 3 is 2.65 bits per heavy atom. The third-order valence-electron chi connectivity index (χ3n) is 5.38. The number of hydrazone groups is 1. The van der Waals surface area contributed by atoms with E-state index in [0.29, 0.717) is 28.1 Å². The van der Waals surface area contributed by atoms with Crippen molar-refractivity contribution in [3.05, 3.63) is 89.1 Å². The van der Waals surface area contributed by atoms with Gasteiger partial charge in [-0.15, -0.1) is 0 Å². The Balaban J connectivity index is 1.32. The van der Waals surface area contributed by atoms with Crippen molar-refractivity contribution >= 4 is 51.7 Å². The molecule has 5 rings (SSSR count). The lowest BCUT2D eigenvalue weighted by atomic mass is 10.0. The lowest BCUT2D eigenvalue weighted by Gasteiger charge is -2.20. The van der Waals surface area contributed by atoms with Crippen molar-refractivity contribution in [2.75, 3.05) is 5.32 Å². The maximum Gasteiger partial charge on any atom is 0.262 e. The SMILES string of the molecule is O=C(CC1SC(N2N=C(c3ccc(Cl)cc3)CC2c2ccco2)=NC1=O)Nc1ccc(F)cc1. The number of hydrogen-bond acceptors (Lipinski definition) is 6. The smallest absolute Gasteiger partial charge is 0.262 e. The van der Waals surface area contributed by atoms with Gasteiger partial charge in [-0.2, -0.15) is 10.1 Å². The minimum atomic E-state index is -0.678. The zero-order valence-corrected chi connectivity index (χ0v) is 19.2. The number of hydrogen-bond donors (Lipinski definition) is 1. The molecule has 0 saturated heterocycles. The number of carbonyl (C=O) groups is 2. The second-order valence-electron chi connectivity index (χ2n) is 7.73. The first-order valence-corrected chi connectivity index (χ1v) is 11.7. The molecule has 0 saturated carbocycles. The molecule has 2 amide bonds. The fraction of sp³-hybridized carbons (Fsp3) is 0.167. The highest BCUT2D eigenvalue weighted by molar-refractivity contribution is 8.15. The average molecular weight is 497 g/mol. The summed E-state index contributed by atoms with van der Waals surface area (Å²) in [6.45, 7) is 0. The largest absolute Gasteiger partial charge is 0.467 e. The van der Waals surface area contributed by atoms with Crippen LogP contribution in [0.3, 0.4) is 0 Å². The molecular formula is C24H18ClFN4O3S. The third kappa shape index (κ3) is 4.76. The summed E-state index contributed by atoms with van der Waals surface area (Å²) in [5.41, 5.74) is 2.18. The van der Waals surface area contributed by atoms with Crippen molar-refractivity contribution in [2.24, 2.45) is 10.1 Å². The molecule has 0 fully saturated rings. The summed E-state index contributed by atoms with van der Waals surface area (Å²) in [7, 11) is 0. The average Bonchev–Trinajstić information content (AvgIpc) is 3.56. The van der Waals surface area contributed by atoms with Gasteiger partial charge in [0.15, 0.2) is 5.17 Å². The van der Waals surface area contributed by atoms with Crippen LogP contribution in [0.2, 0.25) is 5.02 Å². The molecule has 34 heavy (non-hydrogen) atoms. The number of nitrogens with zero attached hydrogens (tertiary/aromatic N) is 3. The van der Waals surface area contributed by atoms with Gasteiger partial charge in [-0.25, -0.2) is 9.40 Å². The molecule has 2 aliphatic heterocycles. The van der Waals surface area contributed by atoms with E-state index in [0.717, 1.165) is 11.3 Å². The Hall–Kier alpha value is -3.43. The van der Waals surface area contributed by atoms with Crippen LogP contribution in [0.1, 0.15) is 30.2 Å². The van der Waals surface area contributed by atoms with Crippen LogP contribution in [0.5, 0.6) is 0 Å². The number of rotatable bonds is 5. The molecule has 0 radical (unpaired) electrons. The van der Waals surface area contributed by atoms with Crippen LogP contribution in [0.25, 0.3) is 0 Å². The van der Waals surface area contributed by atoms with Gasteiger partial charge in [0.05, 0.1) is 12.0 Å². The molecule has 172 valence electrons. The highest BCUT2D eigenvalue weighted by Crippen LogP contribution is 2.38. The topological polar surface area (TPSA) is 87.3 Å². The molecule has 0 spiro atoms. The molecule has 0 aliphatic carbocycles. The molecule has 7 nitrogen and oxygen atoms in total. The second-order valence-corrected chi connectivity index (χ2v) is 9.34. The van der Waals surface area contributed by atoms with Crippen molar-refractivity contribution in [1.82, 2.24) is 5.01 Å². The minimum Gasteiger partial charge on any atom is -0.467 e. The number of furan rings is 1. The molecule has 2 aromatic carbocycles. The lowest BCUT2D eigenvalue weighted by molar-refractivity contribution is -0.121. The van der Waals surface area contributed by atoms with Gasteiger partial charge in [-0.05, 0) is 54.1 Å². The van der Waals surface area contributed by atoms with Gasteiger partial charge in [-0.3, -0.25) is 9.59 Å². The van der Waals surface area contributed by atoms with E-state index in [9.17, 15) is 14.0 Å². The third-order valence-corrected chi connectivity index (χ3v) is 6.78. The van der Waals surface area contributed by atoms with Crippen molar-refractivity contribution in [1.29, 1.82) is 0 Å². The van der Waals surface area contributed by atoms with Crippen LogP contribution >= 0.6 is 23.4 Å². The number of amidine groups is 1. The molecule has 2 unspecified atom stereocenters. The monoisotopic (exact) mass is 496 g/mol. The van der Waals surface area contributed by atoms with E-state index in [-0.39, 0.29) is 18.4 Å². The number of nitrogens with one attached hydrogen (secondary N) is 1. The number of carbonyl (C=O) groups excluding carboxylic acids is 2. The molecule has 3 aromatic rings. The van der Waals surface area contributed by atoms with Crippen LogP contribution in [-0.2, 0) is 9.59 Å². The number of anilines is 1. The Bertz CT molecular complexity index is 1280. The number of amides is 2. The summed E-state index contributed by atoms with van der Waals surface area (Å²) in [6.07, 6.45) is 2.07. The second kappa shape index (κ2) is 9.44. The van der Waals surface area contributed by atoms with E-state index in [1.165, 1.54) is 36.0 Å². The summed E-state index contributed by atoms with van der Waals surface area (Å²) in [6, 6.07) is 16.2. The molecule has 1 N–H and O–H groups in total. The van der Waals surface area contributed by atoms with E-state index in [1.807, 2.05) is 18.2 Å². The summed E-state index contributed by atoms with van der Waals surface area (Å²) in [5.74, 6) is -0.459. The normalized spacial score (nSPS) is 19.8. The molecule has 3 heterocycles. The van der Waals surface area contributed by atoms with Crippen LogP contribution in [0, 0.1) is 5.82 Å². The quantitative estimate of drug-likeness (QED) is 0.521. The summed E-state index contributed by atoms with van der Waals surface area (Å²) in [5, 5.41) is 9.46. The van der Waals surface area contributed by atoms with Gasteiger partial charge in [0.1, 0.15) is 22.9 Å². The van der Waals surface area contributed by atoms with Crippen LogP contribution < -0.4 is 5.32 Å². The van der Waals surface area contributed by atoms with Crippen molar-refractivity contribution in [3.63, 3.8) is 0 Å². The van der Waals surface area contributed by atoms with Gasteiger partial charge < -0.3 is 9.73 Å². The van der Waals surface area contributed by atoms with Crippen molar-refractivity contribution < 1.29 is 18.4 Å². The Morgan fingerprint density at radius 2 is 1.94 bits per heavy atom. The van der Waals surface area contributed by atoms with E-state index in [1.54, 1.807) is 29.5 Å². The summed E-state index contributed by atoms with van der Waals surface area (Å²) in [4.78, 5) is 29.3. The fourth-order valence-electron chi connectivity index (χ4n) is 3.72. The van der Waals surface area contributed by atoms with Crippen LogP contribution in [0.4, 0.5) is 10.1 Å². The summed E-state index contributed by atoms with van der Waals surface area (Å²) < 4.78 is 18.7. The fourth-order valence-corrected chi connectivity index (χ4v) is 4.91. The molecular weight excluding hydrogens is 479 g/mol. The van der Waals surface area contributed by atoms with E-state index in [4.69, 9.17) is 21.1 Å². The van der Waals surface area contributed by atoms with Crippen molar-refractivity contribution in [3.8, 4) is 0 Å². The maximum absolute atomic E-state index is 13.1. The first-order chi connectivity index (χ1) is 16.5. The minimum absolute atomic E-state index is 0.0686. The van der Waals surface area contributed by atoms with Gasteiger partial charge in [0.2, 0.25) is 5.91 Å². The van der Waals surface area contributed by atoms with E-state index in [2.05, 4.69) is 10.3 Å². The predicted octanol–water partition coefficient (Wildman–Crippen LogP) is 5.25. The standard InChI is InChI=1S/C24H18ClFN4O3S/c25-15-5-3-14(4-6-15)18-12-19(20-2-1-11-33-20)30(29-18)24-28-23(32)21(34-24)13-22(31)27-17-9-7-16(26)8-10-17/h1-11,19,21H,12-13H2,(H,27,31). The maximum atomic E-state index is 13.1. The summed E-state index contributed by atoms with van der Waals surface area (Å²) >= 11 is 7.21. The molecule has 2 atom stereocenters. The van der Waals surface area contributed by atoms with Gasteiger partial charge in [-0.1, -0.05) is 35.5 Å². The lowest BCUT2D eigenvalue weighted by Crippen LogP contribution is -2.24. The van der Waals surface area contributed by atoms with E-state index < -0.39 is 17.0 Å². The Morgan fingerprint density at radius 1 is 1.18 bits per heavy atom. The molecule has 10 heteroatoms. The van der Waals surface area contributed by atoms with Gasteiger partial charge in [0.25, 0.3) is 5.91 Å². The van der Waals surface area contributed by atoms with Crippen LogP contribution in [-0.4, -0.2) is 33.0 Å². The first kappa shape index (κ1) is 22.4. The number of benzene rings is 2. The Labute approximate surface area is 203 Å². The van der Waals surface area contributed by atoms with Gasteiger partial charge >= 0.3 is 0 Å². The number of aliphatic imine (C=N–C) groups is 1. The van der Waals surface area contributed by atoms with E-state index >= 15 is 0 Å². The van der Waals surface area contributed by atoms with Gasteiger partial charge in [0, 0.05) is 23.6 Å². The highest BCUT2D eigenvalue weighted by atomic mass is 35.5. The highest BCUT2D eigenvalue weighted by Gasteiger charge is 2.40. The van der Waals surface area contributed by atoms with Crippen molar-refractivity contribution in [2.45, 2.75) is 24.1 Å². The number of halogens is 2. The molecule has 1 aromatic heterocycles. The first-order valence-electron chi connectivity index (χ1n) is 10.5. The predicted molar refractivity (Wildman–Crippen MR) is 129 cm³/mol. The molecule has 2 aliphatic rings. The molecule has 0 bridgehead atoms. The zero-order chi connectivity index (χ0) is 23.7.